The Hall–Kier alpha value is -2.25. The van der Waals surface area contributed by atoms with Crippen LogP contribution >= 0.6 is 0 Å². The molecule has 7 heteroatoms. The van der Waals surface area contributed by atoms with E-state index in [1.807, 2.05) is 13.0 Å². The molecule has 0 bridgehead atoms. The number of sulfonamides is 1. The van der Waals surface area contributed by atoms with Crippen LogP contribution in [0, 0.1) is 0 Å². The molecule has 0 aliphatic rings. The minimum absolute atomic E-state index is 0.141. The molecule has 1 atom stereocenters. The number of benzene rings is 1. The molecule has 128 valence electrons. The Morgan fingerprint density at radius 1 is 1.21 bits per heavy atom. The van der Waals surface area contributed by atoms with Crippen LogP contribution in [0.25, 0.3) is 0 Å². The number of hydrogen-bond donors (Lipinski definition) is 2. The molecule has 0 spiro atoms. The molecule has 1 amide bonds. The van der Waals surface area contributed by atoms with Gasteiger partial charge in [-0.25, -0.2) is 13.1 Å². The summed E-state index contributed by atoms with van der Waals surface area (Å²) in [7, 11) is -3.56. The minimum atomic E-state index is -3.56. The van der Waals surface area contributed by atoms with Gasteiger partial charge in [-0.3, -0.25) is 9.78 Å². The molecule has 2 aromatic rings. The summed E-state index contributed by atoms with van der Waals surface area (Å²) < 4.78 is 26.9. The van der Waals surface area contributed by atoms with E-state index in [0.29, 0.717) is 18.5 Å². The minimum Gasteiger partial charge on any atom is -0.348 e. The molecule has 1 aromatic carbocycles. The number of nitrogens with one attached hydrogen (secondary N) is 2. The molecule has 0 radical (unpaired) electrons. The van der Waals surface area contributed by atoms with Crippen LogP contribution < -0.4 is 10.0 Å². The second kappa shape index (κ2) is 8.03. The number of rotatable bonds is 7. The van der Waals surface area contributed by atoms with Gasteiger partial charge in [0.15, 0.2) is 0 Å². The first-order valence-electron chi connectivity index (χ1n) is 7.72. The number of amides is 1. The van der Waals surface area contributed by atoms with Crippen LogP contribution in [0.15, 0.2) is 53.7 Å². The van der Waals surface area contributed by atoms with Gasteiger partial charge in [-0.15, -0.1) is 0 Å². The van der Waals surface area contributed by atoms with E-state index in [2.05, 4.69) is 15.0 Å². The zero-order chi connectivity index (χ0) is 17.6. The van der Waals surface area contributed by atoms with E-state index in [1.54, 1.807) is 25.4 Å². The SMILES string of the molecule is CCC(C)NS(=O)(=O)c1ccc(C(=O)NCc2cccnc2)cc1. The van der Waals surface area contributed by atoms with Gasteiger partial charge < -0.3 is 5.32 Å². The van der Waals surface area contributed by atoms with Crippen LogP contribution in [0.1, 0.15) is 36.2 Å². The first-order valence-corrected chi connectivity index (χ1v) is 9.20. The van der Waals surface area contributed by atoms with Crippen molar-refractivity contribution in [3.8, 4) is 0 Å². The van der Waals surface area contributed by atoms with Crippen LogP contribution in [0.5, 0.6) is 0 Å². The van der Waals surface area contributed by atoms with E-state index in [0.717, 1.165) is 5.56 Å². The normalized spacial score (nSPS) is 12.6. The summed E-state index contributed by atoms with van der Waals surface area (Å²) in [5, 5.41) is 2.77. The Bertz CT molecular complexity index is 774. The molecule has 6 nitrogen and oxygen atoms in total. The molecule has 2 rings (SSSR count). The molecular formula is C17H21N3O3S. The lowest BCUT2D eigenvalue weighted by Crippen LogP contribution is -2.32. The van der Waals surface area contributed by atoms with Crippen LogP contribution in [0.3, 0.4) is 0 Å². The first kappa shape index (κ1) is 18.1. The van der Waals surface area contributed by atoms with Crippen LogP contribution in [-0.4, -0.2) is 25.4 Å². The summed E-state index contributed by atoms with van der Waals surface area (Å²) in [6.07, 6.45) is 4.04. The van der Waals surface area contributed by atoms with E-state index >= 15 is 0 Å². The molecule has 0 saturated heterocycles. The Morgan fingerprint density at radius 3 is 2.50 bits per heavy atom. The molecule has 0 saturated carbocycles. The van der Waals surface area contributed by atoms with Gasteiger partial charge in [0.25, 0.3) is 5.91 Å². The third-order valence-electron chi connectivity index (χ3n) is 3.57. The molecule has 24 heavy (non-hydrogen) atoms. The van der Waals surface area contributed by atoms with Crippen molar-refractivity contribution in [3.63, 3.8) is 0 Å². The van der Waals surface area contributed by atoms with Gasteiger partial charge >= 0.3 is 0 Å². The summed E-state index contributed by atoms with van der Waals surface area (Å²) in [5.74, 6) is -0.266. The lowest BCUT2D eigenvalue weighted by atomic mass is 10.2. The smallest absolute Gasteiger partial charge is 0.251 e. The van der Waals surface area contributed by atoms with Crippen molar-refractivity contribution in [2.24, 2.45) is 0 Å². The van der Waals surface area contributed by atoms with Gasteiger partial charge in [0, 0.05) is 30.5 Å². The standard InChI is InChI=1S/C17H21N3O3S/c1-3-13(2)20-24(22,23)16-8-6-15(7-9-16)17(21)19-12-14-5-4-10-18-11-14/h4-11,13,20H,3,12H2,1-2H3,(H,19,21). The topological polar surface area (TPSA) is 88.2 Å². The predicted molar refractivity (Wildman–Crippen MR) is 91.9 cm³/mol. The zero-order valence-corrected chi connectivity index (χ0v) is 14.5. The maximum absolute atomic E-state index is 12.2. The Kier molecular flexibility index (Phi) is 6.05. The van der Waals surface area contributed by atoms with E-state index in [9.17, 15) is 13.2 Å². The van der Waals surface area contributed by atoms with E-state index in [4.69, 9.17) is 0 Å². The number of aromatic nitrogens is 1. The summed E-state index contributed by atoms with van der Waals surface area (Å²) in [6.45, 7) is 4.07. The molecule has 0 aliphatic heterocycles. The highest BCUT2D eigenvalue weighted by atomic mass is 32.2. The van der Waals surface area contributed by atoms with Gasteiger partial charge in [-0.1, -0.05) is 13.0 Å². The molecular weight excluding hydrogens is 326 g/mol. The van der Waals surface area contributed by atoms with Gasteiger partial charge in [-0.05, 0) is 49.2 Å². The molecule has 1 unspecified atom stereocenters. The second-order valence-corrected chi connectivity index (χ2v) is 7.21. The summed E-state index contributed by atoms with van der Waals surface area (Å²) in [4.78, 5) is 16.2. The Morgan fingerprint density at radius 2 is 1.92 bits per heavy atom. The average Bonchev–Trinajstić information content (AvgIpc) is 2.60. The van der Waals surface area contributed by atoms with Crippen molar-refractivity contribution in [1.82, 2.24) is 15.0 Å². The summed E-state index contributed by atoms with van der Waals surface area (Å²) in [6, 6.07) is 9.40. The van der Waals surface area contributed by atoms with Crippen LogP contribution in [-0.2, 0) is 16.6 Å². The van der Waals surface area contributed by atoms with Crippen molar-refractivity contribution in [2.45, 2.75) is 37.8 Å². The third kappa shape index (κ3) is 4.87. The maximum atomic E-state index is 12.2. The third-order valence-corrected chi connectivity index (χ3v) is 5.18. The summed E-state index contributed by atoms with van der Waals surface area (Å²) >= 11 is 0. The van der Waals surface area contributed by atoms with E-state index in [1.165, 1.54) is 24.3 Å². The van der Waals surface area contributed by atoms with Crippen molar-refractivity contribution in [1.29, 1.82) is 0 Å². The number of carbonyl (C=O) groups is 1. The van der Waals surface area contributed by atoms with Crippen LogP contribution in [0.4, 0.5) is 0 Å². The van der Waals surface area contributed by atoms with Crippen molar-refractivity contribution in [3.05, 3.63) is 59.9 Å². The van der Waals surface area contributed by atoms with Gasteiger partial charge in [0.05, 0.1) is 4.90 Å². The largest absolute Gasteiger partial charge is 0.348 e. The fraction of sp³-hybridized carbons (Fsp3) is 0.294. The van der Waals surface area contributed by atoms with Gasteiger partial charge in [-0.2, -0.15) is 0 Å². The van der Waals surface area contributed by atoms with E-state index < -0.39 is 10.0 Å². The highest BCUT2D eigenvalue weighted by Gasteiger charge is 2.17. The number of pyridine rings is 1. The number of hydrogen-bond acceptors (Lipinski definition) is 4. The molecule has 0 aliphatic carbocycles. The average molecular weight is 347 g/mol. The van der Waals surface area contributed by atoms with Crippen LogP contribution in [0.2, 0.25) is 0 Å². The van der Waals surface area contributed by atoms with Gasteiger partial charge in [0.2, 0.25) is 10.0 Å². The monoisotopic (exact) mass is 347 g/mol. The number of nitrogens with zero attached hydrogens (tertiary/aromatic N) is 1. The highest BCUT2D eigenvalue weighted by molar-refractivity contribution is 7.89. The lowest BCUT2D eigenvalue weighted by Gasteiger charge is -2.12. The van der Waals surface area contributed by atoms with Crippen molar-refractivity contribution < 1.29 is 13.2 Å². The number of carbonyl (C=O) groups excluding carboxylic acids is 1. The predicted octanol–water partition coefficient (Wildman–Crippen LogP) is 2.09. The zero-order valence-electron chi connectivity index (χ0n) is 13.7. The first-order chi connectivity index (χ1) is 11.4. The van der Waals surface area contributed by atoms with Crippen molar-refractivity contribution >= 4 is 15.9 Å². The quantitative estimate of drug-likeness (QED) is 0.803. The van der Waals surface area contributed by atoms with Gasteiger partial charge in [0.1, 0.15) is 0 Å². The summed E-state index contributed by atoms with van der Waals surface area (Å²) in [5.41, 5.74) is 1.30. The molecule has 2 N–H and O–H groups in total. The lowest BCUT2D eigenvalue weighted by molar-refractivity contribution is 0.0951. The highest BCUT2D eigenvalue weighted by Crippen LogP contribution is 2.12. The fourth-order valence-electron chi connectivity index (χ4n) is 1.99. The maximum Gasteiger partial charge on any atom is 0.251 e. The van der Waals surface area contributed by atoms with E-state index in [-0.39, 0.29) is 16.8 Å². The molecule has 0 fully saturated rings. The fourth-order valence-corrected chi connectivity index (χ4v) is 3.32. The Balaban J connectivity index is 2.02. The molecule has 1 aromatic heterocycles. The van der Waals surface area contributed by atoms with Crippen molar-refractivity contribution in [2.75, 3.05) is 0 Å². The molecule has 1 heterocycles. The second-order valence-electron chi connectivity index (χ2n) is 5.50. The Labute approximate surface area is 142 Å².